The van der Waals surface area contributed by atoms with Gasteiger partial charge in [-0.05, 0) is 43.7 Å². The van der Waals surface area contributed by atoms with Crippen LogP contribution in [0.25, 0.3) is 0 Å². The summed E-state index contributed by atoms with van der Waals surface area (Å²) < 4.78 is 38.3. The number of benzene rings is 2. The number of nitrogens with zero attached hydrogens (tertiary/aromatic N) is 3. The SMILES string of the molecule is CC(C)(C(=O)N1CCN(S(=O)(=O)c2ccc([N+](=O)[O-])cc2)CC1)c1ccc2c(c1)OCCO2. The Hall–Kier alpha value is -3.18. The number of amides is 1. The van der Waals surface area contributed by atoms with E-state index in [9.17, 15) is 23.3 Å². The first-order valence-corrected chi connectivity index (χ1v) is 12.0. The number of non-ortho nitro benzene ring substituents is 1. The van der Waals surface area contributed by atoms with Crippen LogP contribution in [-0.4, -0.2) is 67.8 Å². The molecule has 0 radical (unpaired) electrons. The van der Waals surface area contributed by atoms with Crippen LogP contribution >= 0.6 is 0 Å². The molecule has 2 aliphatic rings. The molecule has 2 aromatic carbocycles. The Morgan fingerprint density at radius 3 is 2.18 bits per heavy atom. The molecule has 2 aromatic rings. The van der Waals surface area contributed by atoms with Crippen molar-refractivity contribution in [2.24, 2.45) is 0 Å². The molecule has 11 heteroatoms. The highest BCUT2D eigenvalue weighted by molar-refractivity contribution is 7.89. The molecule has 0 spiro atoms. The Morgan fingerprint density at radius 2 is 1.58 bits per heavy atom. The van der Waals surface area contributed by atoms with Crippen LogP contribution in [-0.2, 0) is 20.2 Å². The van der Waals surface area contributed by atoms with Crippen molar-refractivity contribution in [3.05, 3.63) is 58.1 Å². The summed E-state index contributed by atoms with van der Waals surface area (Å²) in [4.78, 5) is 25.2. The maximum atomic E-state index is 13.3. The number of sulfonamides is 1. The lowest BCUT2D eigenvalue weighted by Gasteiger charge is -2.38. The molecule has 0 aromatic heterocycles. The minimum absolute atomic E-state index is 0.00974. The van der Waals surface area contributed by atoms with E-state index >= 15 is 0 Å². The number of nitro benzene ring substituents is 1. The Labute approximate surface area is 191 Å². The highest BCUT2D eigenvalue weighted by Crippen LogP contribution is 2.36. The third-order valence-corrected chi connectivity index (χ3v) is 7.92. The number of hydrogen-bond acceptors (Lipinski definition) is 7. The number of carbonyl (C=O) groups is 1. The van der Waals surface area contributed by atoms with Crippen molar-refractivity contribution in [2.45, 2.75) is 24.2 Å². The van der Waals surface area contributed by atoms with Crippen molar-refractivity contribution in [1.82, 2.24) is 9.21 Å². The normalized spacial score (nSPS) is 17.0. The van der Waals surface area contributed by atoms with Crippen LogP contribution in [0.15, 0.2) is 47.4 Å². The van der Waals surface area contributed by atoms with Crippen LogP contribution in [0, 0.1) is 10.1 Å². The highest BCUT2D eigenvalue weighted by atomic mass is 32.2. The zero-order valence-corrected chi connectivity index (χ0v) is 19.2. The summed E-state index contributed by atoms with van der Waals surface area (Å²) in [7, 11) is -3.81. The number of carbonyl (C=O) groups excluding carboxylic acids is 1. The second-order valence-electron chi connectivity index (χ2n) is 8.43. The van der Waals surface area contributed by atoms with Gasteiger partial charge in [0.2, 0.25) is 15.9 Å². The van der Waals surface area contributed by atoms with Crippen LogP contribution in [0.1, 0.15) is 19.4 Å². The van der Waals surface area contributed by atoms with Gasteiger partial charge in [0, 0.05) is 38.3 Å². The maximum absolute atomic E-state index is 13.3. The molecule has 0 aliphatic carbocycles. The van der Waals surface area contributed by atoms with Crippen molar-refractivity contribution in [2.75, 3.05) is 39.4 Å². The number of fused-ring (bicyclic) bond motifs is 1. The van der Waals surface area contributed by atoms with Crippen molar-refractivity contribution in [3.63, 3.8) is 0 Å². The predicted molar refractivity (Wildman–Crippen MR) is 119 cm³/mol. The van der Waals surface area contributed by atoms with E-state index in [1.54, 1.807) is 11.0 Å². The summed E-state index contributed by atoms with van der Waals surface area (Å²) in [5.41, 5.74) is -0.224. The summed E-state index contributed by atoms with van der Waals surface area (Å²) in [5, 5.41) is 10.8. The summed E-state index contributed by atoms with van der Waals surface area (Å²) in [5.74, 6) is 1.16. The van der Waals surface area contributed by atoms with E-state index in [0.29, 0.717) is 24.7 Å². The smallest absolute Gasteiger partial charge is 0.269 e. The number of ether oxygens (including phenoxy) is 2. The second-order valence-corrected chi connectivity index (χ2v) is 10.4. The molecule has 176 valence electrons. The van der Waals surface area contributed by atoms with Crippen molar-refractivity contribution < 1.29 is 27.6 Å². The molecule has 0 N–H and O–H groups in total. The van der Waals surface area contributed by atoms with Crippen LogP contribution in [0.5, 0.6) is 11.5 Å². The van der Waals surface area contributed by atoms with E-state index in [-0.39, 0.29) is 42.7 Å². The first-order valence-electron chi connectivity index (χ1n) is 10.5. The lowest BCUT2D eigenvalue weighted by atomic mass is 9.82. The molecular weight excluding hydrogens is 450 g/mol. The van der Waals surface area contributed by atoms with Crippen molar-refractivity contribution in [3.8, 4) is 11.5 Å². The topological polar surface area (TPSA) is 119 Å². The average molecular weight is 476 g/mol. The number of rotatable bonds is 5. The molecule has 0 bridgehead atoms. The summed E-state index contributed by atoms with van der Waals surface area (Å²) in [6.07, 6.45) is 0. The Kier molecular flexibility index (Phi) is 6.02. The molecule has 2 heterocycles. The van der Waals surface area contributed by atoms with E-state index in [4.69, 9.17) is 9.47 Å². The number of nitro groups is 1. The fourth-order valence-corrected chi connectivity index (χ4v) is 5.39. The van der Waals surface area contributed by atoms with Crippen LogP contribution < -0.4 is 9.47 Å². The molecule has 1 amide bonds. The van der Waals surface area contributed by atoms with E-state index in [0.717, 1.165) is 5.56 Å². The fraction of sp³-hybridized carbons (Fsp3) is 0.409. The zero-order chi connectivity index (χ0) is 23.8. The third-order valence-electron chi connectivity index (χ3n) is 6.01. The Balaban J connectivity index is 1.44. The van der Waals surface area contributed by atoms with Crippen molar-refractivity contribution >= 4 is 21.6 Å². The zero-order valence-electron chi connectivity index (χ0n) is 18.4. The molecular formula is C22H25N3O7S. The van der Waals surface area contributed by atoms with E-state index in [1.165, 1.54) is 28.6 Å². The lowest BCUT2D eigenvalue weighted by Crippen LogP contribution is -2.54. The predicted octanol–water partition coefficient (Wildman–Crippen LogP) is 2.18. The first kappa shape index (κ1) is 23.0. The minimum atomic E-state index is -3.81. The maximum Gasteiger partial charge on any atom is 0.269 e. The van der Waals surface area contributed by atoms with Gasteiger partial charge in [-0.3, -0.25) is 14.9 Å². The van der Waals surface area contributed by atoms with E-state index in [2.05, 4.69) is 0 Å². The summed E-state index contributed by atoms with van der Waals surface area (Å²) in [6, 6.07) is 10.3. The van der Waals surface area contributed by atoms with Gasteiger partial charge in [-0.15, -0.1) is 0 Å². The summed E-state index contributed by atoms with van der Waals surface area (Å²) >= 11 is 0. The minimum Gasteiger partial charge on any atom is -0.486 e. The Bertz CT molecular complexity index is 1170. The molecule has 0 atom stereocenters. The molecule has 1 saturated heterocycles. The van der Waals surface area contributed by atoms with Gasteiger partial charge in [-0.25, -0.2) is 8.42 Å². The van der Waals surface area contributed by atoms with Gasteiger partial charge in [0.05, 0.1) is 15.2 Å². The van der Waals surface area contributed by atoms with Crippen LogP contribution in [0.3, 0.4) is 0 Å². The molecule has 4 rings (SSSR count). The van der Waals surface area contributed by atoms with Gasteiger partial charge < -0.3 is 14.4 Å². The molecule has 0 saturated carbocycles. The largest absolute Gasteiger partial charge is 0.486 e. The molecule has 0 unspecified atom stereocenters. The van der Waals surface area contributed by atoms with Crippen LogP contribution in [0.2, 0.25) is 0 Å². The van der Waals surface area contributed by atoms with Gasteiger partial charge in [-0.2, -0.15) is 4.31 Å². The van der Waals surface area contributed by atoms with Crippen LogP contribution in [0.4, 0.5) is 5.69 Å². The third kappa shape index (κ3) is 4.38. The second kappa shape index (κ2) is 8.64. The van der Waals surface area contributed by atoms with Gasteiger partial charge in [0.25, 0.3) is 5.69 Å². The molecule has 10 nitrogen and oxygen atoms in total. The Morgan fingerprint density at radius 1 is 0.970 bits per heavy atom. The fourth-order valence-electron chi connectivity index (χ4n) is 3.97. The van der Waals surface area contributed by atoms with Gasteiger partial charge >= 0.3 is 0 Å². The number of hydrogen-bond donors (Lipinski definition) is 0. The monoisotopic (exact) mass is 475 g/mol. The van der Waals surface area contributed by atoms with Gasteiger partial charge in [-0.1, -0.05) is 6.07 Å². The first-order chi connectivity index (χ1) is 15.6. The molecule has 33 heavy (non-hydrogen) atoms. The summed E-state index contributed by atoms with van der Waals surface area (Å²) in [6.45, 7) is 5.39. The molecule has 2 aliphatic heterocycles. The quantitative estimate of drug-likeness (QED) is 0.480. The van der Waals surface area contributed by atoms with Gasteiger partial charge in [0.15, 0.2) is 11.5 Å². The van der Waals surface area contributed by atoms with E-state index < -0.39 is 20.4 Å². The molecule has 1 fully saturated rings. The van der Waals surface area contributed by atoms with Crippen molar-refractivity contribution in [1.29, 1.82) is 0 Å². The average Bonchev–Trinajstić information content (AvgIpc) is 2.83. The highest BCUT2D eigenvalue weighted by Gasteiger charge is 2.38. The van der Waals surface area contributed by atoms with E-state index in [1.807, 2.05) is 26.0 Å². The standard InChI is InChI=1S/C22H25N3O7S/c1-22(2,16-3-8-19-20(15-16)32-14-13-31-19)21(26)23-9-11-24(12-10-23)33(29,30)18-6-4-17(5-7-18)25(27)28/h3-8,15H,9-14H2,1-2H3. The lowest BCUT2D eigenvalue weighted by molar-refractivity contribution is -0.384. The van der Waals surface area contributed by atoms with Gasteiger partial charge in [0.1, 0.15) is 13.2 Å². The number of piperazine rings is 1.